The Bertz CT molecular complexity index is 527. The molecule has 21 heavy (non-hydrogen) atoms. The molecule has 1 rings (SSSR count). The zero-order valence-corrected chi connectivity index (χ0v) is 13.7. The first-order valence-electron chi connectivity index (χ1n) is 7.19. The molecule has 0 spiro atoms. The molecule has 0 saturated carbocycles. The molecule has 6 heteroatoms. The zero-order valence-electron chi connectivity index (χ0n) is 13.7. The van der Waals surface area contributed by atoms with Crippen molar-refractivity contribution in [2.24, 2.45) is 0 Å². The molecule has 0 atom stereocenters. The van der Waals surface area contributed by atoms with Crippen LogP contribution in [0.2, 0.25) is 0 Å². The van der Waals surface area contributed by atoms with Gasteiger partial charge in [-0.05, 0) is 39.7 Å². The van der Waals surface area contributed by atoms with Crippen LogP contribution in [0.1, 0.15) is 63.6 Å². The highest BCUT2D eigenvalue weighted by Gasteiger charge is 2.31. The number of nitrogens with zero attached hydrogens (tertiary/aromatic N) is 3. The summed E-state index contributed by atoms with van der Waals surface area (Å²) in [7, 11) is 0. The van der Waals surface area contributed by atoms with Crippen molar-refractivity contribution in [1.29, 1.82) is 0 Å². The first-order chi connectivity index (χ1) is 9.57. The standard InChI is InChI=1S/C15H25N3O3/c1-7-18-12(8-11(16-18)10(2)3)14(21)17(9-13(19)20)15(4,5)6/h8,10H,7,9H2,1-6H3,(H,19,20). The number of rotatable bonds is 5. The van der Waals surface area contributed by atoms with E-state index in [-0.39, 0.29) is 18.4 Å². The van der Waals surface area contributed by atoms with E-state index in [1.807, 2.05) is 41.5 Å². The molecule has 1 aromatic rings. The lowest BCUT2D eigenvalue weighted by atomic mass is 10.0. The number of carboxylic acids is 1. The molecule has 0 aliphatic heterocycles. The molecule has 0 aliphatic carbocycles. The molecule has 0 radical (unpaired) electrons. The van der Waals surface area contributed by atoms with Gasteiger partial charge >= 0.3 is 5.97 Å². The molecular weight excluding hydrogens is 270 g/mol. The van der Waals surface area contributed by atoms with Crippen molar-refractivity contribution in [1.82, 2.24) is 14.7 Å². The van der Waals surface area contributed by atoms with Crippen molar-refractivity contribution in [3.05, 3.63) is 17.5 Å². The number of carboxylic acid groups (broad SMARTS) is 1. The molecule has 1 aromatic heterocycles. The Morgan fingerprint density at radius 3 is 2.33 bits per heavy atom. The second kappa shape index (κ2) is 6.28. The number of carbonyl (C=O) groups excluding carboxylic acids is 1. The number of carbonyl (C=O) groups is 2. The van der Waals surface area contributed by atoms with Gasteiger partial charge in [-0.3, -0.25) is 14.3 Å². The van der Waals surface area contributed by atoms with E-state index >= 15 is 0 Å². The van der Waals surface area contributed by atoms with Gasteiger partial charge in [0.05, 0.1) is 5.69 Å². The maximum absolute atomic E-state index is 12.7. The fourth-order valence-electron chi connectivity index (χ4n) is 2.02. The van der Waals surface area contributed by atoms with Crippen LogP contribution < -0.4 is 0 Å². The van der Waals surface area contributed by atoms with Crippen LogP contribution in [0.15, 0.2) is 6.07 Å². The first kappa shape index (κ1) is 17.2. The van der Waals surface area contributed by atoms with Crippen LogP contribution in [0, 0.1) is 0 Å². The van der Waals surface area contributed by atoms with Gasteiger partial charge in [0.15, 0.2) is 0 Å². The Hall–Kier alpha value is -1.85. The summed E-state index contributed by atoms with van der Waals surface area (Å²) >= 11 is 0. The number of amides is 1. The van der Waals surface area contributed by atoms with Gasteiger partial charge in [-0.2, -0.15) is 5.10 Å². The summed E-state index contributed by atoms with van der Waals surface area (Å²) in [5.74, 6) is -1.11. The summed E-state index contributed by atoms with van der Waals surface area (Å²) in [6.45, 7) is 11.6. The Morgan fingerprint density at radius 2 is 1.95 bits per heavy atom. The topological polar surface area (TPSA) is 75.4 Å². The van der Waals surface area contributed by atoms with Gasteiger partial charge in [-0.15, -0.1) is 0 Å². The van der Waals surface area contributed by atoms with Crippen molar-refractivity contribution >= 4 is 11.9 Å². The van der Waals surface area contributed by atoms with Crippen molar-refractivity contribution in [2.75, 3.05) is 6.54 Å². The van der Waals surface area contributed by atoms with E-state index in [0.29, 0.717) is 12.2 Å². The quantitative estimate of drug-likeness (QED) is 0.904. The van der Waals surface area contributed by atoms with E-state index in [1.54, 1.807) is 10.7 Å². The number of aryl methyl sites for hydroxylation is 1. The van der Waals surface area contributed by atoms with Gasteiger partial charge in [0, 0.05) is 12.1 Å². The first-order valence-corrected chi connectivity index (χ1v) is 7.19. The van der Waals surface area contributed by atoms with E-state index in [1.165, 1.54) is 4.90 Å². The van der Waals surface area contributed by atoms with Crippen molar-refractivity contribution in [3.8, 4) is 0 Å². The highest BCUT2D eigenvalue weighted by atomic mass is 16.4. The summed E-state index contributed by atoms with van der Waals surface area (Å²) < 4.78 is 1.64. The minimum Gasteiger partial charge on any atom is -0.480 e. The predicted molar refractivity (Wildman–Crippen MR) is 80.4 cm³/mol. The summed E-state index contributed by atoms with van der Waals surface area (Å²) in [6.07, 6.45) is 0. The second-order valence-corrected chi connectivity index (χ2v) is 6.38. The van der Waals surface area contributed by atoms with Gasteiger partial charge in [-0.25, -0.2) is 0 Å². The number of hydrogen-bond donors (Lipinski definition) is 1. The summed E-state index contributed by atoms with van der Waals surface area (Å²) in [6, 6.07) is 1.76. The van der Waals surface area contributed by atoms with Crippen LogP contribution in [0.25, 0.3) is 0 Å². The highest BCUT2D eigenvalue weighted by molar-refractivity contribution is 5.95. The van der Waals surface area contributed by atoms with Gasteiger partial charge in [-0.1, -0.05) is 13.8 Å². The third-order valence-electron chi connectivity index (χ3n) is 3.26. The SMILES string of the molecule is CCn1nc(C(C)C)cc1C(=O)N(CC(=O)O)C(C)(C)C. The molecule has 0 aromatic carbocycles. The summed E-state index contributed by atoms with van der Waals surface area (Å²) in [4.78, 5) is 25.2. The molecule has 6 nitrogen and oxygen atoms in total. The van der Waals surface area contributed by atoms with Crippen molar-refractivity contribution in [3.63, 3.8) is 0 Å². The molecule has 0 fully saturated rings. The van der Waals surface area contributed by atoms with E-state index in [2.05, 4.69) is 5.10 Å². The third kappa shape index (κ3) is 4.06. The monoisotopic (exact) mass is 295 g/mol. The average Bonchev–Trinajstić information content (AvgIpc) is 2.77. The molecule has 1 heterocycles. The highest BCUT2D eigenvalue weighted by Crippen LogP contribution is 2.20. The van der Waals surface area contributed by atoms with E-state index in [0.717, 1.165) is 5.69 Å². The van der Waals surface area contributed by atoms with Crippen molar-refractivity contribution in [2.45, 2.75) is 59.5 Å². The van der Waals surface area contributed by atoms with Crippen LogP contribution >= 0.6 is 0 Å². The van der Waals surface area contributed by atoms with Gasteiger partial charge < -0.3 is 10.0 Å². The van der Waals surface area contributed by atoms with Gasteiger partial charge in [0.25, 0.3) is 5.91 Å². The Balaban J connectivity index is 3.23. The Labute approximate surface area is 125 Å². The summed E-state index contributed by atoms with van der Waals surface area (Å²) in [5, 5.41) is 13.5. The maximum Gasteiger partial charge on any atom is 0.323 e. The fourth-order valence-corrected chi connectivity index (χ4v) is 2.02. The smallest absolute Gasteiger partial charge is 0.323 e. The lowest BCUT2D eigenvalue weighted by molar-refractivity contribution is -0.138. The van der Waals surface area contributed by atoms with Crippen LogP contribution in [-0.2, 0) is 11.3 Å². The number of aromatic nitrogens is 2. The van der Waals surface area contributed by atoms with E-state index < -0.39 is 11.5 Å². The normalized spacial score (nSPS) is 11.8. The molecule has 0 aliphatic rings. The van der Waals surface area contributed by atoms with Crippen molar-refractivity contribution < 1.29 is 14.7 Å². The van der Waals surface area contributed by atoms with Crippen LogP contribution in [0.4, 0.5) is 0 Å². The maximum atomic E-state index is 12.7. The van der Waals surface area contributed by atoms with Crippen LogP contribution in [-0.4, -0.2) is 43.7 Å². The lowest BCUT2D eigenvalue weighted by Crippen LogP contribution is -2.48. The van der Waals surface area contributed by atoms with Gasteiger partial charge in [0.1, 0.15) is 12.2 Å². The largest absolute Gasteiger partial charge is 0.480 e. The average molecular weight is 295 g/mol. The van der Waals surface area contributed by atoms with E-state index in [9.17, 15) is 9.59 Å². The number of aliphatic carboxylic acids is 1. The molecule has 1 amide bonds. The third-order valence-corrected chi connectivity index (χ3v) is 3.26. The van der Waals surface area contributed by atoms with Crippen LogP contribution in [0.3, 0.4) is 0 Å². The molecule has 118 valence electrons. The van der Waals surface area contributed by atoms with E-state index in [4.69, 9.17) is 5.11 Å². The number of hydrogen-bond acceptors (Lipinski definition) is 3. The fraction of sp³-hybridized carbons (Fsp3) is 0.667. The molecule has 0 saturated heterocycles. The summed E-state index contributed by atoms with van der Waals surface area (Å²) in [5.41, 5.74) is 0.706. The lowest BCUT2D eigenvalue weighted by Gasteiger charge is -2.34. The van der Waals surface area contributed by atoms with Gasteiger partial charge in [0.2, 0.25) is 0 Å². The predicted octanol–water partition coefficient (Wildman–Crippen LogP) is 2.35. The minimum absolute atomic E-state index is 0.215. The van der Waals surface area contributed by atoms with Crippen LogP contribution in [0.5, 0.6) is 0 Å². The second-order valence-electron chi connectivity index (χ2n) is 6.38. The zero-order chi connectivity index (χ0) is 16.4. The minimum atomic E-state index is -1.02. The molecule has 0 unspecified atom stereocenters. The molecule has 1 N–H and O–H groups in total. The molecular formula is C15H25N3O3. The molecule has 0 bridgehead atoms. The Kier molecular flexibility index (Phi) is 5.15. The Morgan fingerprint density at radius 1 is 1.38 bits per heavy atom.